The molecule has 1 heterocycles. The second kappa shape index (κ2) is 13.8. The largest absolute Gasteiger partial charge is 0.441 e. The van der Waals surface area contributed by atoms with Gasteiger partial charge in [0.05, 0.1) is 17.8 Å². The second-order valence-electron chi connectivity index (χ2n) is 12.9. The summed E-state index contributed by atoms with van der Waals surface area (Å²) < 4.78 is 35.1. The number of benzene rings is 1. The summed E-state index contributed by atoms with van der Waals surface area (Å²) in [6.45, 7) is 13.3. The standard InChI is InChI=1S/C33H48NO5P/c1-22(2)28-16-14-24(5)19-30(28)38-40(36,39-31-20-25(6)15-17-29(31)23(3)4)33(27-13-10-18-34-21-27)37-32(35)26-11-8-7-9-12-26/h7-13,18,21-25,28-31,33H,14-17,19-20H2,1-6H3/t24-,25+,28-,29+,30-,31-,33+,40?/m1/s1. The number of hydrogen-bond acceptors (Lipinski definition) is 6. The SMILES string of the molecule is CC(C)[C@H]1CC[C@@H](C)C[C@H]1OP(=O)(O[C@@H]1C[C@@H](C)CC[C@H]1C(C)C)[C@H](OC(=O)c1ccccc1)c1cccnc1. The number of ether oxygens (including phenoxy) is 1. The van der Waals surface area contributed by atoms with Crippen LogP contribution in [0.15, 0.2) is 54.9 Å². The third kappa shape index (κ3) is 7.63. The van der Waals surface area contributed by atoms with Crippen molar-refractivity contribution in [1.82, 2.24) is 4.98 Å². The van der Waals surface area contributed by atoms with Gasteiger partial charge in [-0.15, -0.1) is 0 Å². The lowest BCUT2D eigenvalue weighted by Gasteiger charge is -2.43. The molecular formula is C33H48NO5P. The van der Waals surface area contributed by atoms with Gasteiger partial charge in [-0.3, -0.25) is 9.55 Å². The van der Waals surface area contributed by atoms with Crippen LogP contribution in [-0.4, -0.2) is 23.2 Å². The average Bonchev–Trinajstić information content (AvgIpc) is 2.92. The Labute approximate surface area is 241 Å². The fourth-order valence-electron chi connectivity index (χ4n) is 6.57. The van der Waals surface area contributed by atoms with Gasteiger partial charge < -0.3 is 13.8 Å². The molecule has 1 aromatic heterocycles. The van der Waals surface area contributed by atoms with E-state index in [1.54, 1.807) is 48.8 Å². The molecule has 0 N–H and O–H groups in total. The van der Waals surface area contributed by atoms with Crippen molar-refractivity contribution in [3.63, 3.8) is 0 Å². The van der Waals surface area contributed by atoms with Gasteiger partial charge in [0.15, 0.2) is 0 Å². The molecule has 2 saturated carbocycles. The maximum absolute atomic E-state index is 15.4. The molecule has 8 atom stereocenters. The molecule has 2 aromatic rings. The molecule has 0 aliphatic heterocycles. The van der Waals surface area contributed by atoms with E-state index < -0.39 is 19.4 Å². The minimum atomic E-state index is -4.05. The number of pyridine rings is 1. The molecule has 0 bridgehead atoms. The normalized spacial score (nSPS) is 29.6. The van der Waals surface area contributed by atoms with Gasteiger partial charge in [0, 0.05) is 18.0 Å². The van der Waals surface area contributed by atoms with Crippen LogP contribution in [0.25, 0.3) is 0 Å². The number of aromatic nitrogens is 1. The van der Waals surface area contributed by atoms with Crippen LogP contribution in [0.4, 0.5) is 0 Å². The molecule has 1 unspecified atom stereocenters. The lowest BCUT2D eigenvalue weighted by Crippen LogP contribution is -2.37. The number of hydrogen-bond donors (Lipinski definition) is 0. The summed E-state index contributed by atoms with van der Waals surface area (Å²) in [5, 5.41) is 0. The van der Waals surface area contributed by atoms with Gasteiger partial charge >= 0.3 is 13.6 Å². The molecule has 2 aliphatic rings. The summed E-state index contributed by atoms with van der Waals surface area (Å²) in [4.78, 5) is 17.7. The summed E-state index contributed by atoms with van der Waals surface area (Å²) in [5.74, 6) is 0.365. The Bertz CT molecular complexity index is 1090. The minimum absolute atomic E-state index is 0.248. The molecule has 0 spiro atoms. The zero-order chi connectivity index (χ0) is 28.9. The zero-order valence-corrected chi connectivity index (χ0v) is 26.0. The maximum Gasteiger partial charge on any atom is 0.376 e. The van der Waals surface area contributed by atoms with Gasteiger partial charge in [0.25, 0.3) is 0 Å². The first-order valence-electron chi connectivity index (χ1n) is 15.2. The first-order chi connectivity index (χ1) is 19.1. The highest BCUT2D eigenvalue weighted by Gasteiger charge is 2.49. The summed E-state index contributed by atoms with van der Waals surface area (Å²) in [5.41, 5.74) is 0.908. The van der Waals surface area contributed by atoms with E-state index in [-0.39, 0.29) is 24.0 Å². The molecule has 4 rings (SSSR count). The van der Waals surface area contributed by atoms with Crippen molar-refractivity contribution in [2.24, 2.45) is 35.5 Å². The molecule has 1 aromatic carbocycles. The summed E-state index contributed by atoms with van der Waals surface area (Å²) in [6, 6.07) is 12.4. The third-order valence-electron chi connectivity index (χ3n) is 8.97. The van der Waals surface area contributed by atoms with Crippen molar-refractivity contribution in [1.29, 1.82) is 0 Å². The first-order valence-corrected chi connectivity index (χ1v) is 16.8. The molecular weight excluding hydrogens is 521 g/mol. The summed E-state index contributed by atoms with van der Waals surface area (Å²) >= 11 is 0. The summed E-state index contributed by atoms with van der Waals surface area (Å²) in [7, 11) is -4.05. The molecule has 6 nitrogen and oxygen atoms in total. The number of esters is 1. The second-order valence-corrected chi connectivity index (χ2v) is 14.9. The predicted octanol–water partition coefficient (Wildman–Crippen LogP) is 9.09. The van der Waals surface area contributed by atoms with Gasteiger partial charge in [-0.1, -0.05) is 78.6 Å². The Kier molecular flexibility index (Phi) is 10.6. The van der Waals surface area contributed by atoms with Crippen LogP contribution in [-0.2, 0) is 18.3 Å². The fourth-order valence-corrected chi connectivity index (χ4v) is 8.82. The lowest BCUT2D eigenvalue weighted by molar-refractivity contribution is -0.0207. The van der Waals surface area contributed by atoms with E-state index in [0.29, 0.717) is 34.8 Å². The van der Waals surface area contributed by atoms with E-state index in [2.05, 4.69) is 46.5 Å². The zero-order valence-electron chi connectivity index (χ0n) is 25.1. The van der Waals surface area contributed by atoms with Crippen LogP contribution in [0.3, 0.4) is 0 Å². The van der Waals surface area contributed by atoms with Gasteiger partial charge in [-0.2, -0.15) is 0 Å². The number of carbonyl (C=O) groups excluding carboxylic acids is 1. The molecule has 2 fully saturated rings. The van der Waals surface area contributed by atoms with Crippen LogP contribution in [0, 0.1) is 35.5 Å². The van der Waals surface area contributed by atoms with Crippen molar-refractivity contribution in [3.8, 4) is 0 Å². The monoisotopic (exact) mass is 569 g/mol. The van der Waals surface area contributed by atoms with Crippen molar-refractivity contribution >= 4 is 13.6 Å². The molecule has 7 heteroatoms. The molecule has 0 radical (unpaired) electrons. The topological polar surface area (TPSA) is 74.7 Å². The van der Waals surface area contributed by atoms with E-state index in [1.807, 2.05) is 6.07 Å². The smallest absolute Gasteiger partial charge is 0.376 e. The van der Waals surface area contributed by atoms with Crippen LogP contribution in [0.5, 0.6) is 0 Å². The Balaban J connectivity index is 1.77. The van der Waals surface area contributed by atoms with Crippen molar-refractivity contribution in [3.05, 3.63) is 66.0 Å². The van der Waals surface area contributed by atoms with Crippen LogP contribution >= 0.6 is 7.60 Å². The molecule has 220 valence electrons. The predicted molar refractivity (Wildman–Crippen MR) is 159 cm³/mol. The van der Waals surface area contributed by atoms with E-state index in [4.69, 9.17) is 13.8 Å². The highest BCUT2D eigenvalue weighted by Crippen LogP contribution is 2.66. The highest BCUT2D eigenvalue weighted by atomic mass is 31.2. The molecule has 0 saturated heterocycles. The van der Waals surface area contributed by atoms with Gasteiger partial charge in [-0.25, -0.2) is 4.79 Å². The van der Waals surface area contributed by atoms with E-state index in [1.165, 1.54) is 0 Å². The van der Waals surface area contributed by atoms with Crippen LogP contribution < -0.4 is 0 Å². The van der Waals surface area contributed by atoms with Crippen molar-refractivity contribution in [2.75, 3.05) is 0 Å². The van der Waals surface area contributed by atoms with Gasteiger partial charge in [0.2, 0.25) is 5.85 Å². The maximum atomic E-state index is 15.4. The van der Waals surface area contributed by atoms with Gasteiger partial charge in [-0.05, 0) is 79.4 Å². The van der Waals surface area contributed by atoms with Gasteiger partial charge in [0.1, 0.15) is 0 Å². The van der Waals surface area contributed by atoms with Crippen molar-refractivity contribution in [2.45, 2.75) is 98.1 Å². The molecule has 2 aliphatic carbocycles. The molecule has 0 amide bonds. The third-order valence-corrected chi connectivity index (χ3v) is 11.1. The number of nitrogens with zero attached hydrogens (tertiary/aromatic N) is 1. The van der Waals surface area contributed by atoms with Crippen LogP contribution in [0.1, 0.15) is 102 Å². The highest BCUT2D eigenvalue weighted by molar-refractivity contribution is 7.54. The van der Waals surface area contributed by atoms with E-state index in [9.17, 15) is 4.79 Å². The average molecular weight is 570 g/mol. The fraction of sp³-hybridized carbons (Fsp3) is 0.636. The molecule has 40 heavy (non-hydrogen) atoms. The Hall–Kier alpha value is -2.01. The van der Waals surface area contributed by atoms with E-state index >= 15 is 4.57 Å². The Morgan fingerprint density at radius 1 is 0.825 bits per heavy atom. The minimum Gasteiger partial charge on any atom is -0.441 e. The number of carbonyl (C=O) groups is 1. The summed E-state index contributed by atoms with van der Waals surface area (Å²) in [6.07, 6.45) is 8.65. The number of rotatable bonds is 10. The van der Waals surface area contributed by atoms with Crippen molar-refractivity contribution < 1.29 is 23.1 Å². The Morgan fingerprint density at radius 3 is 1.85 bits per heavy atom. The van der Waals surface area contributed by atoms with E-state index in [0.717, 1.165) is 38.5 Å². The first kappa shape index (κ1) is 30.9. The quantitative estimate of drug-likeness (QED) is 0.210. The van der Waals surface area contributed by atoms with Crippen LogP contribution in [0.2, 0.25) is 0 Å². The lowest BCUT2D eigenvalue weighted by atomic mass is 9.75. The Morgan fingerprint density at radius 2 is 1.38 bits per heavy atom.